The third kappa shape index (κ3) is 6.42. The number of methoxy groups -OCH3 is 1. The number of hydrogen-bond acceptors (Lipinski definition) is 3. The lowest BCUT2D eigenvalue weighted by Crippen LogP contribution is -2.22. The minimum absolute atomic E-state index is 0. The molecule has 0 spiro atoms. The molecule has 0 saturated carbocycles. The standard InChI is InChI=1S/C30H30FNO3.ClH/c1-19(22-8-6-9-27(17-22)35-3)32-20(2)24-15-23-7-4-5-10-28(23)29(18-24)25-13-21(11-12-30(33)34)14-26(31)16-25;/h4-10,13-20,32H,11-12H2,1-3H3,(H,33,34);1H/t19-,20?;/m1./s1. The number of hydrogen-bond donors (Lipinski definition) is 2. The van der Waals surface area contributed by atoms with Crippen LogP contribution in [0.25, 0.3) is 21.9 Å². The number of aryl methyl sites for hydroxylation is 1. The maximum Gasteiger partial charge on any atom is 0.303 e. The van der Waals surface area contributed by atoms with Crippen LogP contribution < -0.4 is 10.1 Å². The van der Waals surface area contributed by atoms with Gasteiger partial charge in [-0.25, -0.2) is 4.39 Å². The first-order valence-corrected chi connectivity index (χ1v) is 11.8. The number of benzene rings is 4. The van der Waals surface area contributed by atoms with Gasteiger partial charge in [-0.2, -0.15) is 0 Å². The fourth-order valence-corrected chi connectivity index (χ4v) is 4.50. The Hall–Kier alpha value is -3.41. The molecule has 0 heterocycles. The predicted molar refractivity (Wildman–Crippen MR) is 146 cm³/mol. The number of ether oxygens (including phenoxy) is 1. The molecule has 188 valence electrons. The van der Waals surface area contributed by atoms with Crippen molar-refractivity contribution in [3.05, 3.63) is 101 Å². The number of carboxylic acid groups (broad SMARTS) is 1. The first-order chi connectivity index (χ1) is 16.8. The van der Waals surface area contributed by atoms with Gasteiger partial charge in [0.05, 0.1) is 7.11 Å². The zero-order valence-electron chi connectivity index (χ0n) is 20.6. The number of fused-ring (bicyclic) bond motifs is 1. The van der Waals surface area contributed by atoms with Crippen LogP contribution in [0.15, 0.2) is 78.9 Å². The van der Waals surface area contributed by atoms with Crippen molar-refractivity contribution in [1.29, 1.82) is 0 Å². The summed E-state index contributed by atoms with van der Waals surface area (Å²) in [6.07, 6.45) is 0.251. The summed E-state index contributed by atoms with van der Waals surface area (Å²) in [5, 5.41) is 14.8. The molecule has 0 fully saturated rings. The molecule has 0 aliphatic carbocycles. The third-order valence-electron chi connectivity index (χ3n) is 6.37. The molecule has 0 radical (unpaired) electrons. The van der Waals surface area contributed by atoms with Gasteiger partial charge in [0, 0.05) is 18.5 Å². The summed E-state index contributed by atoms with van der Waals surface area (Å²) >= 11 is 0. The van der Waals surface area contributed by atoms with Crippen LogP contribution in [-0.2, 0) is 11.2 Å². The van der Waals surface area contributed by atoms with Gasteiger partial charge in [0.2, 0.25) is 0 Å². The number of aliphatic carboxylic acids is 1. The summed E-state index contributed by atoms with van der Waals surface area (Å²) in [5.74, 6) is -0.440. The average Bonchev–Trinajstić information content (AvgIpc) is 2.86. The highest BCUT2D eigenvalue weighted by Gasteiger charge is 2.16. The molecule has 0 aliphatic heterocycles. The molecule has 2 atom stereocenters. The van der Waals surface area contributed by atoms with Crippen LogP contribution in [0, 0.1) is 5.82 Å². The van der Waals surface area contributed by atoms with Crippen molar-refractivity contribution in [3.8, 4) is 16.9 Å². The predicted octanol–water partition coefficient (Wildman–Crippen LogP) is 7.51. The van der Waals surface area contributed by atoms with Crippen LogP contribution in [0.4, 0.5) is 4.39 Å². The number of rotatable bonds is 9. The first kappa shape index (κ1) is 27.2. The second-order valence-corrected chi connectivity index (χ2v) is 8.92. The van der Waals surface area contributed by atoms with Crippen LogP contribution in [0.2, 0.25) is 0 Å². The maximum atomic E-state index is 14.5. The van der Waals surface area contributed by atoms with E-state index in [1.54, 1.807) is 7.11 Å². The summed E-state index contributed by atoms with van der Waals surface area (Å²) in [6, 6.07) is 25.3. The van der Waals surface area contributed by atoms with Gasteiger partial charge in [-0.3, -0.25) is 4.79 Å². The Morgan fingerprint density at radius 2 is 1.69 bits per heavy atom. The zero-order valence-corrected chi connectivity index (χ0v) is 21.4. The number of carbonyl (C=O) groups is 1. The van der Waals surface area contributed by atoms with E-state index in [1.165, 1.54) is 12.1 Å². The van der Waals surface area contributed by atoms with Crippen LogP contribution in [0.3, 0.4) is 0 Å². The molecule has 6 heteroatoms. The molecule has 0 bridgehead atoms. The fraction of sp³-hybridized carbons (Fsp3) is 0.233. The highest BCUT2D eigenvalue weighted by atomic mass is 35.5. The summed E-state index contributed by atoms with van der Waals surface area (Å²) < 4.78 is 19.9. The number of nitrogens with one attached hydrogen (secondary N) is 1. The van der Waals surface area contributed by atoms with Crippen LogP contribution in [-0.4, -0.2) is 18.2 Å². The SMILES string of the molecule is COc1cccc([C@@H](C)NC(C)c2cc(-c3cc(F)cc(CCC(=O)O)c3)c3ccccc3c2)c1.Cl. The van der Waals surface area contributed by atoms with Crippen LogP contribution in [0.5, 0.6) is 5.75 Å². The quantitative estimate of drug-likeness (QED) is 0.246. The largest absolute Gasteiger partial charge is 0.497 e. The fourth-order valence-electron chi connectivity index (χ4n) is 4.50. The second-order valence-electron chi connectivity index (χ2n) is 8.92. The Labute approximate surface area is 217 Å². The highest BCUT2D eigenvalue weighted by Crippen LogP contribution is 2.34. The summed E-state index contributed by atoms with van der Waals surface area (Å²) in [5.41, 5.74) is 4.57. The van der Waals surface area contributed by atoms with Crippen LogP contribution >= 0.6 is 12.4 Å². The molecule has 4 rings (SSSR count). The molecule has 4 nitrogen and oxygen atoms in total. The minimum atomic E-state index is -0.895. The van der Waals surface area contributed by atoms with E-state index in [4.69, 9.17) is 9.84 Å². The normalized spacial score (nSPS) is 12.6. The maximum absolute atomic E-state index is 14.5. The van der Waals surface area contributed by atoms with Gasteiger partial charge in [0.1, 0.15) is 11.6 Å². The van der Waals surface area contributed by atoms with Crippen molar-refractivity contribution < 1.29 is 19.0 Å². The van der Waals surface area contributed by atoms with Gasteiger partial charge in [-0.15, -0.1) is 12.4 Å². The Balaban J connectivity index is 0.00000361. The minimum Gasteiger partial charge on any atom is -0.497 e. The Morgan fingerprint density at radius 1 is 0.944 bits per heavy atom. The molecule has 0 aromatic heterocycles. The van der Waals surface area contributed by atoms with E-state index in [0.717, 1.165) is 38.8 Å². The molecule has 0 amide bonds. The Bertz CT molecular complexity index is 1360. The Kier molecular flexibility index (Phi) is 9.08. The highest BCUT2D eigenvalue weighted by molar-refractivity contribution is 5.97. The topological polar surface area (TPSA) is 58.6 Å². The van der Waals surface area contributed by atoms with Gasteiger partial charge < -0.3 is 15.2 Å². The molecule has 0 saturated heterocycles. The summed E-state index contributed by atoms with van der Waals surface area (Å²) in [7, 11) is 1.66. The van der Waals surface area contributed by atoms with E-state index in [0.29, 0.717) is 5.56 Å². The third-order valence-corrected chi connectivity index (χ3v) is 6.37. The summed E-state index contributed by atoms with van der Waals surface area (Å²) in [6.45, 7) is 4.24. The van der Waals surface area contributed by atoms with Crippen LogP contribution in [0.1, 0.15) is 49.0 Å². The molecular formula is C30H31ClFNO3. The van der Waals surface area contributed by atoms with Gasteiger partial charge in [-0.1, -0.05) is 42.5 Å². The van der Waals surface area contributed by atoms with E-state index in [-0.39, 0.29) is 43.1 Å². The van der Waals surface area contributed by atoms with E-state index in [9.17, 15) is 9.18 Å². The summed E-state index contributed by atoms with van der Waals surface area (Å²) in [4.78, 5) is 11.0. The van der Waals surface area contributed by atoms with E-state index in [1.807, 2.05) is 42.5 Å². The van der Waals surface area contributed by atoms with Crippen molar-refractivity contribution >= 4 is 29.1 Å². The van der Waals surface area contributed by atoms with Gasteiger partial charge >= 0.3 is 5.97 Å². The van der Waals surface area contributed by atoms with Crippen molar-refractivity contribution in [1.82, 2.24) is 5.32 Å². The lowest BCUT2D eigenvalue weighted by Gasteiger charge is -2.22. The molecule has 1 unspecified atom stereocenters. The zero-order chi connectivity index (χ0) is 24.9. The van der Waals surface area contributed by atoms with Crippen molar-refractivity contribution in [2.75, 3.05) is 7.11 Å². The number of carboxylic acids is 1. The van der Waals surface area contributed by atoms with Gasteiger partial charge in [-0.05, 0) is 95.3 Å². The van der Waals surface area contributed by atoms with Crippen molar-refractivity contribution in [2.45, 2.75) is 38.8 Å². The second kappa shape index (κ2) is 12.0. The van der Waals surface area contributed by atoms with Gasteiger partial charge in [0.25, 0.3) is 0 Å². The van der Waals surface area contributed by atoms with Crippen molar-refractivity contribution in [3.63, 3.8) is 0 Å². The first-order valence-electron chi connectivity index (χ1n) is 11.8. The van der Waals surface area contributed by atoms with E-state index >= 15 is 0 Å². The molecule has 2 N–H and O–H groups in total. The molecule has 4 aromatic carbocycles. The average molecular weight is 508 g/mol. The lowest BCUT2D eigenvalue weighted by atomic mass is 9.92. The van der Waals surface area contributed by atoms with Crippen molar-refractivity contribution in [2.24, 2.45) is 0 Å². The lowest BCUT2D eigenvalue weighted by molar-refractivity contribution is -0.136. The smallest absolute Gasteiger partial charge is 0.303 e. The molecular weight excluding hydrogens is 477 g/mol. The molecule has 36 heavy (non-hydrogen) atoms. The molecule has 0 aliphatic rings. The number of halogens is 2. The van der Waals surface area contributed by atoms with Gasteiger partial charge in [0.15, 0.2) is 0 Å². The monoisotopic (exact) mass is 507 g/mol. The van der Waals surface area contributed by atoms with E-state index in [2.05, 4.69) is 43.4 Å². The van der Waals surface area contributed by atoms with E-state index < -0.39 is 5.97 Å². The molecule has 4 aromatic rings. The Morgan fingerprint density at radius 3 is 2.44 bits per heavy atom.